The number of hydrogen-bond acceptors (Lipinski definition) is 2. The number of nitrogens with zero attached hydrogens (tertiary/aromatic N) is 1. The van der Waals surface area contributed by atoms with E-state index < -0.39 is 12.4 Å². The third-order valence-electron chi connectivity index (χ3n) is 3.72. The number of benzene rings is 1. The molecule has 2 aromatic rings. The molecule has 1 aromatic carbocycles. The van der Waals surface area contributed by atoms with E-state index in [1.807, 2.05) is 45.9 Å². The number of hydrogen-bond donors (Lipinski definition) is 1. The standard InChI is InChI=1S/C18H22FNO.C2H6/c1-4-6-15(17(19)11-21)14-7-8-18-16(10-14)13(5-2)9-12(3)20-18;1-2/h7-10,21H,4-6,11H2,1-3H3;1-2H3/b17-15-;. The molecule has 23 heavy (non-hydrogen) atoms. The molecule has 1 aromatic heterocycles. The van der Waals surface area contributed by atoms with Crippen molar-refractivity contribution in [3.63, 3.8) is 0 Å². The Kier molecular flexibility index (Phi) is 7.90. The molecule has 0 radical (unpaired) electrons. The molecule has 0 aliphatic heterocycles. The number of aromatic nitrogens is 1. The number of pyridine rings is 1. The molecule has 0 amide bonds. The highest BCUT2D eigenvalue weighted by Crippen LogP contribution is 2.29. The molecule has 0 unspecified atom stereocenters. The molecule has 2 rings (SSSR count). The zero-order chi connectivity index (χ0) is 17.4. The van der Waals surface area contributed by atoms with Gasteiger partial charge in [-0.05, 0) is 54.7 Å². The number of allylic oxidation sites excluding steroid dienone is 1. The number of rotatable bonds is 5. The summed E-state index contributed by atoms with van der Waals surface area (Å²) in [7, 11) is 0. The van der Waals surface area contributed by atoms with Crippen LogP contribution < -0.4 is 0 Å². The van der Waals surface area contributed by atoms with Gasteiger partial charge in [-0.1, -0.05) is 40.2 Å². The fourth-order valence-electron chi connectivity index (χ4n) is 2.71. The summed E-state index contributed by atoms with van der Waals surface area (Å²) >= 11 is 0. The first-order chi connectivity index (χ1) is 11.1. The van der Waals surface area contributed by atoms with Gasteiger partial charge < -0.3 is 5.11 Å². The molecule has 1 heterocycles. The van der Waals surface area contributed by atoms with Gasteiger partial charge in [0.05, 0.1) is 12.1 Å². The van der Waals surface area contributed by atoms with Gasteiger partial charge in [-0.2, -0.15) is 0 Å². The lowest BCUT2D eigenvalue weighted by atomic mass is 9.96. The summed E-state index contributed by atoms with van der Waals surface area (Å²) in [5, 5.41) is 10.2. The summed E-state index contributed by atoms with van der Waals surface area (Å²) in [6, 6.07) is 7.92. The van der Waals surface area contributed by atoms with E-state index in [1.54, 1.807) is 0 Å². The average molecular weight is 317 g/mol. The molecule has 0 bridgehead atoms. The van der Waals surface area contributed by atoms with Gasteiger partial charge in [0.25, 0.3) is 0 Å². The van der Waals surface area contributed by atoms with Crippen LogP contribution in [0.15, 0.2) is 30.1 Å². The van der Waals surface area contributed by atoms with Crippen molar-refractivity contribution in [3.8, 4) is 0 Å². The van der Waals surface area contributed by atoms with Crippen molar-refractivity contribution in [2.45, 2.75) is 53.9 Å². The highest BCUT2D eigenvalue weighted by molar-refractivity contribution is 5.86. The van der Waals surface area contributed by atoms with E-state index in [0.717, 1.165) is 35.0 Å². The van der Waals surface area contributed by atoms with Crippen LogP contribution in [-0.4, -0.2) is 16.7 Å². The first-order valence-corrected chi connectivity index (χ1v) is 8.49. The Morgan fingerprint density at radius 3 is 2.43 bits per heavy atom. The van der Waals surface area contributed by atoms with Gasteiger partial charge in [0.1, 0.15) is 5.83 Å². The van der Waals surface area contributed by atoms with Gasteiger partial charge in [-0.15, -0.1) is 0 Å². The first-order valence-electron chi connectivity index (χ1n) is 8.49. The highest BCUT2D eigenvalue weighted by atomic mass is 19.1. The maximum atomic E-state index is 13.9. The summed E-state index contributed by atoms with van der Waals surface area (Å²) in [5.41, 5.74) is 4.61. The van der Waals surface area contributed by atoms with E-state index in [4.69, 9.17) is 5.11 Å². The maximum Gasteiger partial charge on any atom is 0.129 e. The second-order valence-corrected chi connectivity index (χ2v) is 5.30. The van der Waals surface area contributed by atoms with Crippen LogP contribution in [0.1, 0.15) is 57.4 Å². The predicted octanol–water partition coefficient (Wildman–Crippen LogP) is 5.60. The van der Waals surface area contributed by atoms with Gasteiger partial charge in [0.2, 0.25) is 0 Å². The van der Waals surface area contributed by atoms with Gasteiger partial charge >= 0.3 is 0 Å². The average Bonchev–Trinajstić information content (AvgIpc) is 2.59. The highest BCUT2D eigenvalue weighted by Gasteiger charge is 2.11. The van der Waals surface area contributed by atoms with Crippen LogP contribution in [0.4, 0.5) is 4.39 Å². The van der Waals surface area contributed by atoms with E-state index in [1.165, 1.54) is 5.56 Å². The van der Waals surface area contributed by atoms with Crippen molar-refractivity contribution in [1.82, 2.24) is 4.98 Å². The lowest BCUT2D eigenvalue weighted by Crippen LogP contribution is -1.96. The molecular formula is C20H28FNO. The first kappa shape index (κ1) is 19.3. The molecule has 3 heteroatoms. The summed E-state index contributed by atoms with van der Waals surface area (Å²) < 4.78 is 13.9. The van der Waals surface area contributed by atoms with Crippen LogP contribution in [0.3, 0.4) is 0 Å². The molecule has 0 aliphatic rings. The van der Waals surface area contributed by atoms with Gasteiger partial charge in [-0.25, -0.2) is 4.39 Å². The van der Waals surface area contributed by atoms with Crippen LogP contribution >= 0.6 is 0 Å². The molecule has 2 nitrogen and oxygen atoms in total. The van der Waals surface area contributed by atoms with E-state index in [0.29, 0.717) is 12.0 Å². The molecule has 1 N–H and O–H groups in total. The Labute approximate surface area is 139 Å². The zero-order valence-electron chi connectivity index (χ0n) is 14.9. The van der Waals surface area contributed by atoms with Crippen LogP contribution in [0.2, 0.25) is 0 Å². The lowest BCUT2D eigenvalue weighted by molar-refractivity contribution is 0.299. The van der Waals surface area contributed by atoms with E-state index >= 15 is 0 Å². The molecule has 0 spiro atoms. The second kappa shape index (κ2) is 9.41. The second-order valence-electron chi connectivity index (χ2n) is 5.30. The summed E-state index contributed by atoms with van der Waals surface area (Å²) in [4.78, 5) is 4.54. The molecular weight excluding hydrogens is 289 g/mol. The van der Waals surface area contributed by atoms with E-state index in [2.05, 4.69) is 18.0 Å². The molecule has 0 atom stereocenters. The normalized spacial score (nSPS) is 11.8. The molecule has 0 aliphatic carbocycles. The number of aliphatic hydroxyl groups is 1. The fraction of sp³-hybridized carbons (Fsp3) is 0.450. The Hall–Kier alpha value is -1.74. The smallest absolute Gasteiger partial charge is 0.129 e. The van der Waals surface area contributed by atoms with Gasteiger partial charge in [-0.3, -0.25) is 4.98 Å². The number of aryl methyl sites for hydroxylation is 2. The van der Waals surface area contributed by atoms with Crippen molar-refractivity contribution in [2.75, 3.05) is 6.61 Å². The van der Waals surface area contributed by atoms with Crippen molar-refractivity contribution in [3.05, 3.63) is 46.9 Å². The van der Waals surface area contributed by atoms with Crippen molar-refractivity contribution >= 4 is 16.5 Å². The number of aliphatic hydroxyl groups excluding tert-OH is 1. The molecule has 0 saturated heterocycles. The van der Waals surface area contributed by atoms with Crippen LogP contribution in [0.5, 0.6) is 0 Å². The Balaban J connectivity index is 0.00000127. The Morgan fingerprint density at radius 1 is 1.17 bits per heavy atom. The number of halogens is 1. The van der Waals surface area contributed by atoms with Gasteiger partial charge in [0.15, 0.2) is 0 Å². The van der Waals surface area contributed by atoms with E-state index in [9.17, 15) is 4.39 Å². The van der Waals surface area contributed by atoms with Gasteiger partial charge in [0, 0.05) is 11.1 Å². The predicted molar refractivity (Wildman–Crippen MR) is 97.2 cm³/mol. The van der Waals surface area contributed by atoms with Crippen LogP contribution in [0.25, 0.3) is 16.5 Å². The zero-order valence-corrected chi connectivity index (χ0v) is 14.9. The monoisotopic (exact) mass is 317 g/mol. The van der Waals surface area contributed by atoms with Crippen LogP contribution in [-0.2, 0) is 6.42 Å². The van der Waals surface area contributed by atoms with Crippen LogP contribution in [0, 0.1) is 6.92 Å². The quantitative estimate of drug-likeness (QED) is 0.778. The summed E-state index contributed by atoms with van der Waals surface area (Å²) in [5.74, 6) is -0.436. The SMILES string of the molecule is CC.CCC/C(=C(/F)CO)c1ccc2nc(C)cc(CC)c2c1. The fourth-order valence-corrected chi connectivity index (χ4v) is 2.71. The van der Waals surface area contributed by atoms with Crippen molar-refractivity contribution in [1.29, 1.82) is 0 Å². The third-order valence-corrected chi connectivity index (χ3v) is 3.72. The minimum Gasteiger partial charge on any atom is -0.389 e. The van der Waals surface area contributed by atoms with E-state index in [-0.39, 0.29) is 0 Å². The Bertz CT molecular complexity index is 677. The Morgan fingerprint density at radius 2 is 1.87 bits per heavy atom. The minimum absolute atomic E-state index is 0.436. The molecule has 126 valence electrons. The topological polar surface area (TPSA) is 33.1 Å². The summed E-state index contributed by atoms with van der Waals surface area (Å²) in [6.07, 6.45) is 2.38. The third kappa shape index (κ3) is 4.61. The van der Waals surface area contributed by atoms with Crippen molar-refractivity contribution in [2.24, 2.45) is 0 Å². The summed E-state index contributed by atoms with van der Waals surface area (Å²) in [6.45, 7) is 9.56. The van der Waals surface area contributed by atoms with Crippen molar-refractivity contribution < 1.29 is 9.50 Å². The largest absolute Gasteiger partial charge is 0.389 e. The number of fused-ring (bicyclic) bond motifs is 1. The molecule has 0 saturated carbocycles. The minimum atomic E-state index is -0.542. The molecule has 0 fully saturated rings. The lowest BCUT2D eigenvalue weighted by Gasteiger charge is -2.11. The maximum absolute atomic E-state index is 13.9.